The maximum absolute atomic E-state index is 4.79. The van der Waals surface area contributed by atoms with Gasteiger partial charge in [-0.25, -0.2) is 0 Å². The Morgan fingerprint density at radius 2 is 1.35 bits per heavy atom. The lowest BCUT2D eigenvalue weighted by atomic mass is 9.91. The molecule has 0 unspecified atom stereocenters. The number of guanidine groups is 1. The van der Waals surface area contributed by atoms with Crippen LogP contribution >= 0.6 is 0 Å². The summed E-state index contributed by atoms with van der Waals surface area (Å²) in [6.45, 7) is 1.01. The fourth-order valence-corrected chi connectivity index (χ4v) is 2.62. The summed E-state index contributed by atoms with van der Waals surface area (Å²) in [7, 11) is 8.27. The van der Waals surface area contributed by atoms with Crippen molar-refractivity contribution in [3.63, 3.8) is 0 Å². The van der Waals surface area contributed by atoms with Gasteiger partial charge in [-0.1, -0.05) is 32.1 Å². The van der Waals surface area contributed by atoms with Crippen LogP contribution in [0.5, 0.6) is 0 Å². The molecule has 3 nitrogen and oxygen atoms in total. The van der Waals surface area contributed by atoms with Gasteiger partial charge in [-0.15, -0.1) is 0 Å². The summed E-state index contributed by atoms with van der Waals surface area (Å²) in [6.07, 6.45) is 9.84. The second-order valence-electron chi connectivity index (χ2n) is 5.64. The quantitative estimate of drug-likeness (QED) is 0.545. The first-order valence-corrected chi connectivity index (χ1v) is 7.00. The maximum Gasteiger partial charge on any atom is 0.195 e. The van der Waals surface area contributed by atoms with Crippen LogP contribution in [0.1, 0.15) is 44.9 Å². The van der Waals surface area contributed by atoms with E-state index < -0.39 is 0 Å². The average Bonchev–Trinajstić information content (AvgIpc) is 2.19. The average molecular weight is 239 g/mol. The van der Waals surface area contributed by atoms with E-state index in [0.717, 1.165) is 18.4 Å². The zero-order chi connectivity index (χ0) is 12.7. The molecule has 1 fully saturated rings. The minimum atomic E-state index is 0.810. The van der Waals surface area contributed by atoms with E-state index in [0.29, 0.717) is 0 Å². The zero-order valence-corrected chi connectivity index (χ0v) is 12.1. The van der Waals surface area contributed by atoms with Gasteiger partial charge in [-0.05, 0) is 18.8 Å². The molecule has 0 spiro atoms. The van der Waals surface area contributed by atoms with Gasteiger partial charge in [0.1, 0.15) is 0 Å². The lowest BCUT2D eigenvalue weighted by molar-refractivity contribution is 0.381. The molecule has 0 bridgehead atoms. The van der Waals surface area contributed by atoms with E-state index in [-0.39, 0.29) is 0 Å². The van der Waals surface area contributed by atoms with Gasteiger partial charge in [0.05, 0.1) is 0 Å². The first-order chi connectivity index (χ1) is 8.11. The fourth-order valence-electron chi connectivity index (χ4n) is 2.62. The third kappa shape index (κ3) is 5.42. The largest absolute Gasteiger partial charge is 0.349 e. The second kappa shape index (κ2) is 7.57. The van der Waals surface area contributed by atoms with Crippen molar-refractivity contribution >= 4 is 5.96 Å². The Morgan fingerprint density at radius 3 is 1.82 bits per heavy atom. The van der Waals surface area contributed by atoms with Crippen molar-refractivity contribution in [2.24, 2.45) is 10.9 Å². The first kappa shape index (κ1) is 14.3. The summed E-state index contributed by atoms with van der Waals surface area (Å²) in [6, 6.07) is 0. The van der Waals surface area contributed by atoms with E-state index in [1.54, 1.807) is 0 Å². The molecule has 0 atom stereocenters. The van der Waals surface area contributed by atoms with Gasteiger partial charge in [0.2, 0.25) is 0 Å². The van der Waals surface area contributed by atoms with Gasteiger partial charge < -0.3 is 9.80 Å². The molecule has 0 amide bonds. The molecule has 0 saturated heterocycles. The van der Waals surface area contributed by atoms with Crippen LogP contribution in [0.2, 0.25) is 0 Å². The molecular weight excluding hydrogens is 210 g/mol. The molecule has 0 N–H and O–H groups in total. The molecule has 0 aromatic carbocycles. The van der Waals surface area contributed by atoms with Crippen molar-refractivity contribution in [2.75, 3.05) is 34.7 Å². The zero-order valence-electron chi connectivity index (χ0n) is 12.1. The van der Waals surface area contributed by atoms with E-state index in [2.05, 4.69) is 38.0 Å². The number of hydrogen-bond donors (Lipinski definition) is 0. The minimum Gasteiger partial charge on any atom is -0.349 e. The molecule has 0 aromatic rings. The highest BCUT2D eigenvalue weighted by Gasteiger charge is 2.12. The van der Waals surface area contributed by atoms with Crippen LogP contribution in [0.15, 0.2) is 4.99 Å². The molecule has 0 aromatic heterocycles. The summed E-state index contributed by atoms with van der Waals surface area (Å²) in [5, 5.41) is 0. The normalized spacial score (nSPS) is 18.1. The molecule has 1 aliphatic rings. The number of aliphatic imine (C=N–C) groups is 1. The Labute approximate surface area is 107 Å². The van der Waals surface area contributed by atoms with Crippen molar-refractivity contribution in [1.29, 1.82) is 0 Å². The summed E-state index contributed by atoms with van der Waals surface area (Å²) in [4.78, 5) is 8.99. The van der Waals surface area contributed by atoms with Crippen LogP contribution in [-0.4, -0.2) is 50.5 Å². The van der Waals surface area contributed by atoms with Gasteiger partial charge >= 0.3 is 0 Å². The minimum absolute atomic E-state index is 0.810. The maximum atomic E-state index is 4.79. The smallest absolute Gasteiger partial charge is 0.195 e. The van der Waals surface area contributed by atoms with E-state index in [9.17, 15) is 0 Å². The predicted molar refractivity (Wildman–Crippen MR) is 75.5 cm³/mol. The summed E-state index contributed by atoms with van der Waals surface area (Å²) >= 11 is 0. The Bertz CT molecular complexity index is 216. The van der Waals surface area contributed by atoms with Gasteiger partial charge in [0, 0.05) is 34.7 Å². The van der Waals surface area contributed by atoms with Crippen molar-refractivity contribution in [3.8, 4) is 0 Å². The molecule has 1 rings (SSSR count). The van der Waals surface area contributed by atoms with Crippen molar-refractivity contribution in [3.05, 3.63) is 0 Å². The van der Waals surface area contributed by atoms with Crippen LogP contribution in [-0.2, 0) is 0 Å². The van der Waals surface area contributed by atoms with Crippen LogP contribution in [0, 0.1) is 5.92 Å². The number of hydrogen-bond acceptors (Lipinski definition) is 1. The number of rotatable bonds is 2. The highest BCUT2D eigenvalue weighted by Crippen LogP contribution is 2.22. The molecule has 100 valence electrons. The molecule has 3 heteroatoms. The Hall–Kier alpha value is -0.730. The fraction of sp³-hybridized carbons (Fsp3) is 0.929. The van der Waals surface area contributed by atoms with Crippen molar-refractivity contribution < 1.29 is 0 Å². The van der Waals surface area contributed by atoms with E-state index in [1.165, 1.54) is 44.9 Å². The molecule has 17 heavy (non-hydrogen) atoms. The van der Waals surface area contributed by atoms with Crippen molar-refractivity contribution in [2.45, 2.75) is 44.9 Å². The molecule has 1 saturated carbocycles. The molecule has 0 radical (unpaired) electrons. The van der Waals surface area contributed by atoms with Gasteiger partial charge in [0.15, 0.2) is 5.96 Å². The van der Waals surface area contributed by atoms with Crippen LogP contribution in [0.3, 0.4) is 0 Å². The SMILES string of the molecule is CN(C)C(=NCC1CCCCCCC1)N(C)C. The van der Waals surface area contributed by atoms with Crippen LogP contribution < -0.4 is 0 Å². The lowest BCUT2D eigenvalue weighted by Gasteiger charge is -2.24. The topological polar surface area (TPSA) is 18.8 Å². The summed E-state index contributed by atoms with van der Waals surface area (Å²) < 4.78 is 0. The summed E-state index contributed by atoms with van der Waals surface area (Å²) in [5.74, 6) is 1.90. The third-order valence-corrected chi connectivity index (χ3v) is 3.52. The number of nitrogens with zero attached hydrogens (tertiary/aromatic N) is 3. The molecule has 0 aliphatic heterocycles. The second-order valence-corrected chi connectivity index (χ2v) is 5.64. The van der Waals surface area contributed by atoms with E-state index >= 15 is 0 Å². The highest BCUT2D eigenvalue weighted by atomic mass is 15.3. The van der Waals surface area contributed by atoms with E-state index in [4.69, 9.17) is 4.99 Å². The molecule has 0 heterocycles. The Kier molecular flexibility index (Phi) is 6.38. The Morgan fingerprint density at radius 1 is 0.882 bits per heavy atom. The van der Waals surface area contributed by atoms with Crippen LogP contribution in [0.4, 0.5) is 0 Å². The molecule has 1 aliphatic carbocycles. The van der Waals surface area contributed by atoms with Crippen molar-refractivity contribution in [1.82, 2.24) is 9.80 Å². The van der Waals surface area contributed by atoms with Gasteiger partial charge in [0.25, 0.3) is 0 Å². The van der Waals surface area contributed by atoms with Gasteiger partial charge in [-0.2, -0.15) is 0 Å². The summed E-state index contributed by atoms with van der Waals surface area (Å²) in [5.41, 5.74) is 0. The third-order valence-electron chi connectivity index (χ3n) is 3.52. The molecular formula is C14H29N3. The monoisotopic (exact) mass is 239 g/mol. The highest BCUT2D eigenvalue weighted by molar-refractivity contribution is 5.79. The first-order valence-electron chi connectivity index (χ1n) is 7.00. The van der Waals surface area contributed by atoms with Gasteiger partial charge in [-0.3, -0.25) is 4.99 Å². The Balaban J connectivity index is 2.47. The van der Waals surface area contributed by atoms with E-state index in [1.807, 2.05) is 0 Å². The predicted octanol–water partition coefficient (Wildman–Crippen LogP) is 2.83. The van der Waals surface area contributed by atoms with Crippen LogP contribution in [0.25, 0.3) is 0 Å². The lowest BCUT2D eigenvalue weighted by Crippen LogP contribution is -2.35. The standard InChI is InChI=1S/C14H29N3/c1-16(2)14(17(3)4)15-12-13-10-8-6-5-7-9-11-13/h13H,5-12H2,1-4H3.